The number of nitro benzene ring substituents is 1. The number of para-hydroxylation sites is 1. The minimum absolute atomic E-state index is 0.0446. The third-order valence-corrected chi connectivity index (χ3v) is 8.14. The van der Waals surface area contributed by atoms with Crippen LogP contribution < -0.4 is 0 Å². The number of hydrogen-bond acceptors (Lipinski definition) is 8. The summed E-state index contributed by atoms with van der Waals surface area (Å²) in [6, 6.07) is 18.4. The molecule has 3 heterocycles. The fourth-order valence-corrected chi connectivity index (χ4v) is 5.93. The van der Waals surface area contributed by atoms with Gasteiger partial charge in [0.1, 0.15) is 5.69 Å². The summed E-state index contributed by atoms with van der Waals surface area (Å²) in [6.45, 7) is 5.32. The molecule has 0 spiro atoms. The molecule has 1 saturated heterocycles. The van der Waals surface area contributed by atoms with E-state index in [4.69, 9.17) is 5.11 Å². The smallest absolute Gasteiger partial charge is 0.279 e. The van der Waals surface area contributed by atoms with Gasteiger partial charge in [0.2, 0.25) is 5.78 Å². The van der Waals surface area contributed by atoms with Crippen LogP contribution in [-0.2, 0) is 11.3 Å². The number of ketones is 1. The molecule has 0 amide bonds. The number of nitro groups is 1. The van der Waals surface area contributed by atoms with Gasteiger partial charge in [-0.25, -0.2) is 0 Å². The number of nitrogens with zero attached hydrogens (tertiary/aromatic N) is 5. The second-order valence-corrected chi connectivity index (χ2v) is 10.9. The number of aliphatic hydroxyl groups excluding tert-OH is 1. The number of H-pyrrole nitrogens is 1. The molecule has 1 aliphatic rings. The number of aldehydes is 1. The van der Waals surface area contributed by atoms with Gasteiger partial charge in [-0.3, -0.25) is 29.7 Å². The topological polar surface area (TPSA) is 138 Å². The van der Waals surface area contributed by atoms with E-state index in [9.17, 15) is 19.7 Å². The number of Topliss-reactive ketones (excluding diaryl/α,β-unsaturated/α-hetero) is 1. The maximum atomic E-state index is 13.1. The van der Waals surface area contributed by atoms with Gasteiger partial charge in [-0.05, 0) is 35.8 Å². The molecule has 1 aliphatic heterocycles. The number of piperazine rings is 1. The Morgan fingerprint density at radius 1 is 1.02 bits per heavy atom. The first-order valence-electron chi connectivity index (χ1n) is 14.5. The van der Waals surface area contributed by atoms with Crippen LogP contribution in [-0.4, -0.2) is 86.0 Å². The number of rotatable bonds is 11. The Kier molecular flexibility index (Phi) is 8.42. The summed E-state index contributed by atoms with van der Waals surface area (Å²) < 4.78 is 1.60. The zero-order valence-corrected chi connectivity index (χ0v) is 24.1. The third kappa shape index (κ3) is 5.80. The molecular weight excluding hydrogens is 560 g/mol. The number of benzene rings is 3. The number of aliphatic hydroxyl groups is 1. The van der Waals surface area contributed by atoms with Crippen LogP contribution in [0.5, 0.6) is 0 Å². The van der Waals surface area contributed by atoms with E-state index in [0.29, 0.717) is 17.6 Å². The summed E-state index contributed by atoms with van der Waals surface area (Å²) in [5.41, 5.74) is 3.74. The first-order chi connectivity index (χ1) is 21.5. The summed E-state index contributed by atoms with van der Waals surface area (Å²) in [4.78, 5) is 41.0. The Bertz CT molecular complexity index is 1880. The maximum absolute atomic E-state index is 13.1. The van der Waals surface area contributed by atoms with Gasteiger partial charge in [-0.2, -0.15) is 5.10 Å². The summed E-state index contributed by atoms with van der Waals surface area (Å²) in [6.07, 6.45) is 6.43. The molecule has 0 radical (unpaired) electrons. The number of fused-ring (bicyclic) bond motifs is 2. The predicted octanol–water partition coefficient (Wildman–Crippen LogP) is 4.47. The number of nitrogens with one attached hydrogen (secondary N) is 1. The van der Waals surface area contributed by atoms with Gasteiger partial charge >= 0.3 is 0 Å². The molecule has 0 aliphatic carbocycles. The van der Waals surface area contributed by atoms with Gasteiger partial charge in [-0.1, -0.05) is 48.5 Å². The maximum Gasteiger partial charge on any atom is 0.279 e. The lowest BCUT2D eigenvalue weighted by Crippen LogP contribution is -2.46. The predicted molar refractivity (Wildman–Crippen MR) is 169 cm³/mol. The molecule has 2 aromatic heterocycles. The van der Waals surface area contributed by atoms with Gasteiger partial charge in [0.25, 0.3) is 5.69 Å². The van der Waals surface area contributed by atoms with Crippen LogP contribution in [0, 0.1) is 10.1 Å². The molecule has 3 aromatic carbocycles. The zero-order chi connectivity index (χ0) is 30.6. The van der Waals surface area contributed by atoms with E-state index in [1.54, 1.807) is 22.9 Å². The molecule has 0 bridgehead atoms. The molecule has 44 heavy (non-hydrogen) atoms. The van der Waals surface area contributed by atoms with Crippen molar-refractivity contribution in [1.29, 1.82) is 0 Å². The summed E-state index contributed by atoms with van der Waals surface area (Å²) in [5, 5.41) is 30.1. The Hall–Kier alpha value is -4.97. The monoisotopic (exact) mass is 592 g/mol. The van der Waals surface area contributed by atoms with Gasteiger partial charge in [0.15, 0.2) is 6.29 Å². The van der Waals surface area contributed by atoms with Crippen molar-refractivity contribution in [2.45, 2.75) is 13.0 Å². The second kappa shape index (κ2) is 12.7. The van der Waals surface area contributed by atoms with Crippen molar-refractivity contribution >= 4 is 51.6 Å². The van der Waals surface area contributed by atoms with Crippen LogP contribution in [0.4, 0.5) is 5.69 Å². The van der Waals surface area contributed by atoms with E-state index in [0.717, 1.165) is 66.9 Å². The third-order valence-electron chi connectivity index (χ3n) is 8.14. The van der Waals surface area contributed by atoms with Gasteiger partial charge < -0.3 is 14.6 Å². The number of carbonyl (C=O) groups excluding carboxylic acids is 2. The largest absolute Gasteiger partial charge is 0.396 e. The highest BCUT2D eigenvalue weighted by Crippen LogP contribution is 2.34. The van der Waals surface area contributed by atoms with Crippen molar-refractivity contribution in [2.75, 3.05) is 39.3 Å². The first-order valence-corrected chi connectivity index (χ1v) is 14.5. The quantitative estimate of drug-likeness (QED) is 0.0754. The summed E-state index contributed by atoms with van der Waals surface area (Å²) >= 11 is 0. The number of carbonyl (C=O) groups is 2. The van der Waals surface area contributed by atoms with E-state index >= 15 is 0 Å². The van der Waals surface area contributed by atoms with Crippen molar-refractivity contribution in [1.82, 2.24) is 24.6 Å². The number of hydrogen-bond donors (Lipinski definition) is 2. The van der Waals surface area contributed by atoms with Gasteiger partial charge in [0.05, 0.1) is 27.2 Å². The van der Waals surface area contributed by atoms with E-state index in [1.807, 2.05) is 54.6 Å². The lowest BCUT2D eigenvalue weighted by molar-refractivity contribution is -0.383. The SMILES string of the molecule is O=CC(=O)c1c2c([N+](=O)[O-])cccc2cn1-c1cc(CN2CCN(CCCO)CC2)ccc1C=Cc1n[nH]c2ccccc12. The van der Waals surface area contributed by atoms with Crippen molar-refractivity contribution < 1.29 is 19.6 Å². The Morgan fingerprint density at radius 2 is 1.82 bits per heavy atom. The Balaban J connectivity index is 1.43. The molecule has 1 fully saturated rings. The van der Waals surface area contributed by atoms with Crippen LogP contribution in [0.2, 0.25) is 0 Å². The second-order valence-electron chi connectivity index (χ2n) is 10.9. The molecular formula is C33H32N6O5. The van der Waals surface area contributed by atoms with E-state index in [2.05, 4.69) is 20.0 Å². The highest BCUT2D eigenvalue weighted by atomic mass is 16.6. The van der Waals surface area contributed by atoms with E-state index < -0.39 is 10.7 Å². The molecule has 11 heteroatoms. The molecule has 2 N–H and O–H groups in total. The Morgan fingerprint density at radius 3 is 2.59 bits per heavy atom. The number of aromatic nitrogens is 3. The van der Waals surface area contributed by atoms with E-state index in [1.165, 1.54) is 6.07 Å². The fourth-order valence-electron chi connectivity index (χ4n) is 5.93. The van der Waals surface area contributed by atoms with E-state index in [-0.39, 0.29) is 29.7 Å². The van der Waals surface area contributed by atoms with Crippen molar-refractivity contribution in [2.24, 2.45) is 0 Å². The van der Waals surface area contributed by atoms with Crippen molar-refractivity contribution in [3.8, 4) is 5.69 Å². The molecule has 0 atom stereocenters. The van der Waals surface area contributed by atoms with Crippen LogP contribution >= 0.6 is 0 Å². The average Bonchev–Trinajstić information content (AvgIpc) is 3.65. The molecule has 6 rings (SSSR count). The van der Waals surface area contributed by atoms with Crippen molar-refractivity contribution in [3.63, 3.8) is 0 Å². The number of non-ortho nitro benzene ring substituents is 1. The first kappa shape index (κ1) is 29.1. The number of aromatic amines is 1. The van der Waals surface area contributed by atoms with Crippen LogP contribution in [0.1, 0.15) is 33.7 Å². The minimum Gasteiger partial charge on any atom is -0.396 e. The molecule has 11 nitrogen and oxygen atoms in total. The van der Waals surface area contributed by atoms with Crippen LogP contribution in [0.3, 0.4) is 0 Å². The summed E-state index contributed by atoms with van der Waals surface area (Å²) in [5.74, 6) is -0.841. The zero-order valence-electron chi connectivity index (χ0n) is 24.1. The standard InChI is InChI=1S/C33H32N6O5/c40-18-4-13-36-14-16-37(17-15-36)20-23-9-10-24(11-12-28-26-6-1-2-7-27(26)34-35-28)30(19-23)38-21-25-5-3-8-29(39(43)44)32(25)33(38)31(42)22-41/h1-3,5-12,19,21-22,40H,4,13-18,20H2,(H,34,35). The fraction of sp³-hybridized carbons (Fsp3) is 0.242. The molecule has 5 aromatic rings. The average molecular weight is 593 g/mol. The van der Waals surface area contributed by atoms with Gasteiger partial charge in [0, 0.05) is 68.9 Å². The molecule has 224 valence electrons. The van der Waals surface area contributed by atoms with Crippen molar-refractivity contribution in [3.05, 3.63) is 99.5 Å². The van der Waals surface area contributed by atoms with Crippen LogP contribution in [0.15, 0.2) is 66.9 Å². The summed E-state index contributed by atoms with van der Waals surface area (Å²) in [7, 11) is 0. The normalized spacial score (nSPS) is 14.6. The minimum atomic E-state index is -0.841. The lowest BCUT2D eigenvalue weighted by Gasteiger charge is -2.34. The highest BCUT2D eigenvalue weighted by Gasteiger charge is 2.26. The lowest BCUT2D eigenvalue weighted by atomic mass is 10.1. The molecule has 0 unspecified atom stereocenters. The van der Waals surface area contributed by atoms with Gasteiger partial charge in [-0.15, -0.1) is 0 Å². The Labute approximate surface area is 253 Å². The molecule has 0 saturated carbocycles. The van der Waals surface area contributed by atoms with Crippen LogP contribution in [0.25, 0.3) is 39.5 Å². The highest BCUT2D eigenvalue weighted by molar-refractivity contribution is 6.36.